The number of benzene rings is 1. The second-order valence-corrected chi connectivity index (χ2v) is 5.97. The van der Waals surface area contributed by atoms with Crippen molar-refractivity contribution in [1.82, 2.24) is 9.97 Å². The minimum absolute atomic E-state index is 0.0116. The number of carbonyl (C=O) groups is 1. The Kier molecular flexibility index (Phi) is 4.66. The molecule has 0 aliphatic heterocycles. The third-order valence-electron chi connectivity index (χ3n) is 3.23. The lowest BCUT2D eigenvalue weighted by atomic mass is 10.1. The maximum atomic E-state index is 12.9. The molecule has 0 aliphatic carbocycles. The Morgan fingerprint density at radius 3 is 2.48 bits per heavy atom. The average Bonchev–Trinajstić information content (AvgIpc) is 2.96. The zero-order chi connectivity index (χ0) is 18.0. The molecule has 1 aromatic carbocycles. The molecule has 25 heavy (non-hydrogen) atoms. The summed E-state index contributed by atoms with van der Waals surface area (Å²) in [6, 6.07) is 7.95. The summed E-state index contributed by atoms with van der Waals surface area (Å²) in [7, 11) is 0. The third kappa shape index (κ3) is 3.77. The number of anilines is 3. The lowest BCUT2D eigenvalue weighted by Gasteiger charge is -2.01. The van der Waals surface area contributed by atoms with E-state index < -0.39 is 17.9 Å². The monoisotopic (exact) mass is 364 g/mol. The number of rotatable bonds is 5. The zero-order valence-corrected chi connectivity index (χ0v) is 13.4. The van der Waals surface area contributed by atoms with E-state index in [1.807, 2.05) is 0 Å². The second kappa shape index (κ2) is 6.89. The van der Waals surface area contributed by atoms with Crippen molar-refractivity contribution in [1.29, 1.82) is 0 Å². The first-order chi connectivity index (χ1) is 11.9. The van der Waals surface area contributed by atoms with Gasteiger partial charge in [0.1, 0.15) is 22.2 Å². The van der Waals surface area contributed by atoms with Gasteiger partial charge in [0.25, 0.3) is 6.43 Å². The molecule has 0 radical (unpaired) electrons. The van der Waals surface area contributed by atoms with Crippen LogP contribution in [0.4, 0.5) is 29.8 Å². The van der Waals surface area contributed by atoms with Crippen LogP contribution >= 0.6 is 11.3 Å². The van der Waals surface area contributed by atoms with Gasteiger partial charge in [-0.05, 0) is 36.4 Å². The smallest absolute Gasteiger partial charge is 0.280 e. The summed E-state index contributed by atoms with van der Waals surface area (Å²) in [5.74, 6) is -0.826. The number of ketones is 1. The van der Waals surface area contributed by atoms with Crippen molar-refractivity contribution >= 4 is 33.8 Å². The number of nitrogens with one attached hydrogen (secondary N) is 1. The van der Waals surface area contributed by atoms with E-state index in [1.54, 1.807) is 0 Å². The summed E-state index contributed by atoms with van der Waals surface area (Å²) >= 11 is 1.01. The van der Waals surface area contributed by atoms with Crippen LogP contribution in [0.15, 0.2) is 42.6 Å². The highest BCUT2D eigenvalue weighted by molar-refractivity contribution is 7.18. The van der Waals surface area contributed by atoms with Gasteiger partial charge in [-0.2, -0.15) is 0 Å². The number of hydrogen-bond acceptors (Lipinski definition) is 6. The SMILES string of the molecule is Nc1nc(Nc2ccc(F)cc2)sc1C(=O)c1ccc(C(F)F)nc1. The van der Waals surface area contributed by atoms with Crippen molar-refractivity contribution in [3.63, 3.8) is 0 Å². The highest BCUT2D eigenvalue weighted by Gasteiger charge is 2.19. The summed E-state index contributed by atoms with van der Waals surface area (Å²) in [5, 5.41) is 3.27. The van der Waals surface area contributed by atoms with Crippen molar-refractivity contribution in [2.75, 3.05) is 11.1 Å². The molecule has 0 saturated carbocycles. The first-order valence-corrected chi connectivity index (χ1v) is 7.83. The molecule has 3 N–H and O–H groups in total. The van der Waals surface area contributed by atoms with Gasteiger partial charge in [0.15, 0.2) is 5.13 Å². The van der Waals surface area contributed by atoms with Gasteiger partial charge in [0.05, 0.1) is 0 Å². The van der Waals surface area contributed by atoms with Crippen molar-refractivity contribution in [3.05, 3.63) is 64.5 Å². The average molecular weight is 364 g/mol. The van der Waals surface area contributed by atoms with Crippen molar-refractivity contribution in [3.8, 4) is 0 Å². The number of hydrogen-bond donors (Lipinski definition) is 2. The van der Waals surface area contributed by atoms with E-state index in [2.05, 4.69) is 15.3 Å². The molecule has 128 valence electrons. The summed E-state index contributed by atoms with van der Waals surface area (Å²) in [6.45, 7) is 0. The Hall–Kier alpha value is -2.94. The van der Waals surface area contributed by atoms with E-state index in [0.29, 0.717) is 10.8 Å². The molecule has 0 aliphatic rings. The van der Waals surface area contributed by atoms with Crippen molar-refractivity contribution < 1.29 is 18.0 Å². The molecule has 9 heteroatoms. The van der Waals surface area contributed by atoms with Crippen LogP contribution in [0.25, 0.3) is 0 Å². The van der Waals surface area contributed by atoms with Crippen LogP contribution in [-0.2, 0) is 0 Å². The maximum absolute atomic E-state index is 12.9. The fourth-order valence-electron chi connectivity index (χ4n) is 2.00. The number of nitrogens with two attached hydrogens (primary N) is 1. The van der Waals surface area contributed by atoms with Crippen LogP contribution in [0.1, 0.15) is 27.4 Å². The second-order valence-electron chi connectivity index (χ2n) is 4.97. The number of aromatic nitrogens is 2. The number of halogens is 3. The number of alkyl halides is 2. The van der Waals surface area contributed by atoms with Gasteiger partial charge in [-0.3, -0.25) is 9.78 Å². The molecule has 0 amide bonds. The minimum Gasteiger partial charge on any atom is -0.382 e. The molecule has 0 spiro atoms. The Morgan fingerprint density at radius 1 is 1.16 bits per heavy atom. The Bertz CT molecular complexity index is 895. The van der Waals surface area contributed by atoms with Gasteiger partial charge in [0.2, 0.25) is 5.78 Å². The van der Waals surface area contributed by atoms with E-state index in [9.17, 15) is 18.0 Å². The maximum Gasteiger partial charge on any atom is 0.280 e. The van der Waals surface area contributed by atoms with E-state index >= 15 is 0 Å². The van der Waals surface area contributed by atoms with Gasteiger partial charge in [-0.15, -0.1) is 0 Å². The van der Waals surface area contributed by atoms with Crippen molar-refractivity contribution in [2.24, 2.45) is 0 Å². The summed E-state index contributed by atoms with van der Waals surface area (Å²) < 4.78 is 37.9. The topological polar surface area (TPSA) is 80.9 Å². The van der Waals surface area contributed by atoms with E-state index in [-0.39, 0.29) is 22.1 Å². The predicted octanol–water partition coefficient (Wildman–Crippen LogP) is 4.17. The van der Waals surface area contributed by atoms with Gasteiger partial charge in [-0.1, -0.05) is 11.3 Å². The fourth-order valence-corrected chi connectivity index (χ4v) is 2.87. The predicted molar refractivity (Wildman–Crippen MR) is 88.8 cm³/mol. The largest absolute Gasteiger partial charge is 0.382 e. The summed E-state index contributed by atoms with van der Waals surface area (Å²) in [5.41, 5.74) is 6.08. The lowest BCUT2D eigenvalue weighted by Crippen LogP contribution is -2.04. The normalized spacial score (nSPS) is 10.9. The highest BCUT2D eigenvalue weighted by atomic mass is 32.1. The fraction of sp³-hybridized carbons (Fsp3) is 0.0625. The first kappa shape index (κ1) is 16.9. The molecule has 3 aromatic rings. The number of nitrogens with zero attached hydrogens (tertiary/aromatic N) is 2. The van der Waals surface area contributed by atoms with Crippen LogP contribution in [0.2, 0.25) is 0 Å². The van der Waals surface area contributed by atoms with Crippen LogP contribution in [0.3, 0.4) is 0 Å². The summed E-state index contributed by atoms with van der Waals surface area (Å²) in [4.78, 5) is 20.2. The molecule has 3 rings (SSSR count). The van der Waals surface area contributed by atoms with Crippen LogP contribution < -0.4 is 11.1 Å². The Labute approximate surface area is 144 Å². The van der Waals surface area contributed by atoms with Crippen LogP contribution in [-0.4, -0.2) is 15.8 Å². The standard InChI is InChI=1S/C16H11F3N4OS/c17-9-2-4-10(5-3-9)22-16-23-15(20)13(25-16)12(24)8-1-6-11(14(18)19)21-7-8/h1-7,14H,20H2,(H,22,23). The number of nitrogen functional groups attached to an aromatic ring is 1. The minimum atomic E-state index is -2.70. The van der Waals surface area contributed by atoms with Gasteiger partial charge in [0, 0.05) is 17.4 Å². The quantitative estimate of drug-likeness (QED) is 0.664. The molecule has 2 aromatic heterocycles. The number of thiazole rings is 1. The van der Waals surface area contributed by atoms with Gasteiger partial charge < -0.3 is 11.1 Å². The first-order valence-electron chi connectivity index (χ1n) is 7.01. The molecular weight excluding hydrogens is 353 g/mol. The van der Waals surface area contributed by atoms with Crippen LogP contribution in [0, 0.1) is 5.82 Å². The molecular formula is C16H11F3N4OS. The number of pyridine rings is 1. The van der Waals surface area contributed by atoms with Crippen LogP contribution in [0.5, 0.6) is 0 Å². The van der Waals surface area contributed by atoms with E-state index in [0.717, 1.165) is 23.6 Å². The molecule has 5 nitrogen and oxygen atoms in total. The molecule has 0 saturated heterocycles. The Morgan fingerprint density at radius 2 is 1.88 bits per heavy atom. The van der Waals surface area contributed by atoms with Crippen molar-refractivity contribution in [2.45, 2.75) is 6.43 Å². The van der Waals surface area contributed by atoms with E-state index in [4.69, 9.17) is 5.73 Å². The molecule has 0 atom stereocenters. The van der Waals surface area contributed by atoms with E-state index in [1.165, 1.54) is 30.3 Å². The zero-order valence-electron chi connectivity index (χ0n) is 12.5. The molecule has 0 fully saturated rings. The van der Waals surface area contributed by atoms with Gasteiger partial charge >= 0.3 is 0 Å². The molecule has 0 unspecified atom stereocenters. The number of carbonyl (C=O) groups excluding carboxylic acids is 1. The van der Waals surface area contributed by atoms with Gasteiger partial charge in [-0.25, -0.2) is 18.2 Å². The highest BCUT2D eigenvalue weighted by Crippen LogP contribution is 2.30. The lowest BCUT2D eigenvalue weighted by molar-refractivity contribution is 0.104. The molecule has 0 bridgehead atoms. The Balaban J connectivity index is 1.81. The summed E-state index contributed by atoms with van der Waals surface area (Å²) in [6.07, 6.45) is -1.63. The third-order valence-corrected chi connectivity index (χ3v) is 4.21. The molecule has 2 heterocycles.